The zero-order valence-electron chi connectivity index (χ0n) is 12.0. The Morgan fingerprint density at radius 3 is 2.75 bits per heavy atom. The van der Waals surface area contributed by atoms with Crippen molar-refractivity contribution in [2.24, 2.45) is 0 Å². The van der Waals surface area contributed by atoms with Crippen LogP contribution in [0.4, 0.5) is 5.69 Å². The Hall–Kier alpha value is -3.82. The van der Waals surface area contributed by atoms with Crippen LogP contribution >= 0.6 is 0 Å². The minimum Gasteiger partial charge on any atom is -0.441 e. The van der Waals surface area contributed by atoms with Crippen LogP contribution in [0, 0.1) is 0 Å². The molecule has 1 aromatic carbocycles. The third-order valence-electron chi connectivity index (χ3n) is 3.20. The molecule has 4 aromatic rings. The SMILES string of the molecule is O=C(Nc1ccc(-c2nn[nH]n2)cc1)c1ncoc1-c1ccon1. The van der Waals surface area contributed by atoms with Crippen molar-refractivity contribution in [2.45, 2.75) is 0 Å². The zero-order chi connectivity index (χ0) is 16.4. The van der Waals surface area contributed by atoms with Crippen LogP contribution < -0.4 is 5.32 Å². The number of carbonyl (C=O) groups excluding carboxylic acids is 1. The van der Waals surface area contributed by atoms with Crippen molar-refractivity contribution < 1.29 is 13.7 Å². The summed E-state index contributed by atoms with van der Waals surface area (Å²) in [5, 5.41) is 20.1. The first-order valence-corrected chi connectivity index (χ1v) is 6.81. The summed E-state index contributed by atoms with van der Waals surface area (Å²) >= 11 is 0. The molecular weight excluding hydrogens is 314 g/mol. The Bertz CT molecular complexity index is 943. The smallest absolute Gasteiger partial charge is 0.278 e. The lowest BCUT2D eigenvalue weighted by atomic mass is 10.2. The highest BCUT2D eigenvalue weighted by Crippen LogP contribution is 2.23. The monoisotopic (exact) mass is 323 g/mol. The van der Waals surface area contributed by atoms with Crippen LogP contribution in [0.3, 0.4) is 0 Å². The predicted molar refractivity (Wildman–Crippen MR) is 79.6 cm³/mol. The molecule has 10 nitrogen and oxygen atoms in total. The molecule has 0 unspecified atom stereocenters. The van der Waals surface area contributed by atoms with E-state index >= 15 is 0 Å². The number of aromatic amines is 1. The third kappa shape index (κ3) is 2.52. The molecule has 0 fully saturated rings. The molecule has 0 saturated heterocycles. The van der Waals surface area contributed by atoms with E-state index in [-0.39, 0.29) is 11.5 Å². The Labute approximate surface area is 133 Å². The van der Waals surface area contributed by atoms with Crippen molar-refractivity contribution in [2.75, 3.05) is 5.32 Å². The van der Waals surface area contributed by atoms with Gasteiger partial charge in [0.25, 0.3) is 5.91 Å². The van der Waals surface area contributed by atoms with Crippen molar-refractivity contribution in [3.8, 4) is 22.8 Å². The van der Waals surface area contributed by atoms with Gasteiger partial charge in [0.2, 0.25) is 5.82 Å². The first kappa shape index (κ1) is 13.8. The summed E-state index contributed by atoms with van der Waals surface area (Å²) in [6, 6.07) is 8.56. The van der Waals surface area contributed by atoms with Gasteiger partial charge in [-0.25, -0.2) is 4.98 Å². The summed E-state index contributed by atoms with van der Waals surface area (Å²) in [7, 11) is 0. The minimum atomic E-state index is -0.422. The quantitative estimate of drug-likeness (QED) is 0.580. The molecule has 0 atom stereocenters. The highest BCUT2D eigenvalue weighted by atomic mass is 16.5. The number of rotatable bonds is 4. The van der Waals surface area contributed by atoms with Crippen LogP contribution in [-0.4, -0.2) is 36.7 Å². The number of oxazole rings is 1. The van der Waals surface area contributed by atoms with Crippen molar-refractivity contribution in [3.63, 3.8) is 0 Å². The number of hydrogen-bond donors (Lipinski definition) is 2. The molecule has 0 aliphatic heterocycles. The zero-order valence-corrected chi connectivity index (χ0v) is 12.0. The number of nitrogens with zero attached hydrogens (tertiary/aromatic N) is 5. The summed E-state index contributed by atoms with van der Waals surface area (Å²) in [4.78, 5) is 16.3. The second-order valence-electron chi connectivity index (χ2n) is 4.68. The van der Waals surface area contributed by atoms with E-state index in [1.165, 1.54) is 12.7 Å². The molecule has 0 aliphatic rings. The van der Waals surface area contributed by atoms with Gasteiger partial charge in [0.1, 0.15) is 6.26 Å². The Kier molecular flexibility index (Phi) is 3.31. The summed E-state index contributed by atoms with van der Waals surface area (Å²) < 4.78 is 9.97. The van der Waals surface area contributed by atoms with Crippen molar-refractivity contribution in [1.82, 2.24) is 30.8 Å². The number of aromatic nitrogens is 6. The number of benzene rings is 1. The highest BCUT2D eigenvalue weighted by Gasteiger charge is 2.20. The number of hydrogen-bond acceptors (Lipinski definition) is 8. The Morgan fingerprint density at radius 1 is 1.17 bits per heavy atom. The fourth-order valence-electron chi connectivity index (χ4n) is 2.10. The lowest BCUT2D eigenvalue weighted by Gasteiger charge is -2.04. The summed E-state index contributed by atoms with van der Waals surface area (Å²) in [5.41, 5.74) is 1.86. The standard InChI is InChI=1S/C14H9N7O3/c22-14(11-12(23-7-15-11)10-5-6-24-19-10)16-9-3-1-8(2-4-9)13-17-20-21-18-13/h1-7H,(H,16,22)(H,17,18,20,21). The van der Waals surface area contributed by atoms with Crippen LogP contribution in [0.25, 0.3) is 22.8 Å². The molecule has 10 heteroatoms. The lowest BCUT2D eigenvalue weighted by molar-refractivity contribution is 0.102. The Balaban J connectivity index is 1.54. The van der Waals surface area contributed by atoms with E-state index in [0.29, 0.717) is 17.2 Å². The van der Waals surface area contributed by atoms with Crippen LogP contribution in [0.1, 0.15) is 10.5 Å². The summed E-state index contributed by atoms with van der Waals surface area (Å²) in [6.07, 6.45) is 2.56. The summed E-state index contributed by atoms with van der Waals surface area (Å²) in [6.45, 7) is 0. The van der Waals surface area contributed by atoms with Gasteiger partial charge in [-0.1, -0.05) is 5.16 Å². The summed E-state index contributed by atoms with van der Waals surface area (Å²) in [5.74, 6) is 0.288. The second-order valence-corrected chi connectivity index (χ2v) is 4.68. The maximum absolute atomic E-state index is 12.4. The first-order chi connectivity index (χ1) is 11.8. The van der Waals surface area contributed by atoms with Gasteiger partial charge in [-0.3, -0.25) is 4.79 Å². The van der Waals surface area contributed by atoms with Gasteiger partial charge in [0.05, 0.1) is 0 Å². The van der Waals surface area contributed by atoms with E-state index < -0.39 is 5.91 Å². The molecule has 0 radical (unpaired) electrons. The molecule has 0 bridgehead atoms. The average molecular weight is 323 g/mol. The van der Waals surface area contributed by atoms with Crippen LogP contribution in [0.5, 0.6) is 0 Å². The number of tetrazole rings is 1. The number of H-pyrrole nitrogens is 1. The van der Waals surface area contributed by atoms with Crippen LogP contribution in [0.15, 0.2) is 51.9 Å². The van der Waals surface area contributed by atoms with Gasteiger partial charge < -0.3 is 14.3 Å². The van der Waals surface area contributed by atoms with Gasteiger partial charge in [-0.05, 0) is 29.5 Å². The van der Waals surface area contributed by atoms with Crippen molar-refractivity contribution >= 4 is 11.6 Å². The van der Waals surface area contributed by atoms with Gasteiger partial charge in [-0.15, -0.1) is 10.2 Å². The topological polar surface area (TPSA) is 136 Å². The molecule has 0 aliphatic carbocycles. The molecule has 1 amide bonds. The fourth-order valence-corrected chi connectivity index (χ4v) is 2.10. The van der Waals surface area contributed by atoms with Gasteiger partial charge in [0.15, 0.2) is 23.5 Å². The molecular formula is C14H9N7O3. The molecule has 0 saturated carbocycles. The third-order valence-corrected chi connectivity index (χ3v) is 3.20. The van der Waals surface area contributed by atoms with Gasteiger partial charge >= 0.3 is 0 Å². The minimum absolute atomic E-state index is 0.117. The van der Waals surface area contributed by atoms with E-state index in [0.717, 1.165) is 5.56 Å². The van der Waals surface area contributed by atoms with E-state index in [1.807, 2.05) is 0 Å². The fraction of sp³-hybridized carbons (Fsp3) is 0. The van der Waals surface area contributed by atoms with E-state index in [9.17, 15) is 4.79 Å². The maximum atomic E-state index is 12.4. The molecule has 0 spiro atoms. The highest BCUT2D eigenvalue weighted by molar-refractivity contribution is 6.06. The molecule has 3 aromatic heterocycles. The Morgan fingerprint density at radius 2 is 2.04 bits per heavy atom. The molecule has 3 heterocycles. The largest absolute Gasteiger partial charge is 0.441 e. The average Bonchev–Trinajstić information content (AvgIpc) is 3.35. The predicted octanol–water partition coefficient (Wildman–Crippen LogP) is 1.76. The molecule has 2 N–H and O–H groups in total. The number of carbonyl (C=O) groups is 1. The molecule has 118 valence electrons. The van der Waals surface area contributed by atoms with Crippen LogP contribution in [-0.2, 0) is 0 Å². The second kappa shape index (κ2) is 5.76. The van der Waals surface area contributed by atoms with E-state index in [1.54, 1.807) is 30.3 Å². The van der Waals surface area contributed by atoms with Gasteiger partial charge in [-0.2, -0.15) is 5.21 Å². The van der Waals surface area contributed by atoms with E-state index in [2.05, 4.69) is 36.1 Å². The molecule has 4 rings (SSSR count). The maximum Gasteiger partial charge on any atom is 0.278 e. The van der Waals surface area contributed by atoms with Crippen LogP contribution in [0.2, 0.25) is 0 Å². The molecule has 24 heavy (non-hydrogen) atoms. The first-order valence-electron chi connectivity index (χ1n) is 6.81. The lowest BCUT2D eigenvalue weighted by Crippen LogP contribution is -2.13. The number of amides is 1. The number of nitrogens with one attached hydrogen (secondary N) is 2. The van der Waals surface area contributed by atoms with Gasteiger partial charge in [0, 0.05) is 17.3 Å². The number of anilines is 1. The van der Waals surface area contributed by atoms with Crippen molar-refractivity contribution in [3.05, 3.63) is 48.7 Å². The van der Waals surface area contributed by atoms with Crippen molar-refractivity contribution in [1.29, 1.82) is 0 Å². The van der Waals surface area contributed by atoms with E-state index in [4.69, 9.17) is 8.94 Å². The normalized spacial score (nSPS) is 10.7.